The van der Waals surface area contributed by atoms with Crippen LogP contribution < -0.4 is 5.73 Å². The Morgan fingerprint density at radius 2 is 1.90 bits per heavy atom. The Morgan fingerprint density at radius 3 is 2.45 bits per heavy atom. The highest BCUT2D eigenvalue weighted by Crippen LogP contribution is 2.29. The second-order valence-corrected chi connectivity index (χ2v) is 7.16. The maximum absolute atomic E-state index is 12.4. The standard InChI is InChI=1S/C15H29N3O2/c1-15(2,3)20-14(19)18-9-6-5-7-12(18)13-11(16)8-10-17(13)4/h11-13H,5-10,16H2,1-4H3. The number of amides is 1. The molecule has 5 nitrogen and oxygen atoms in total. The smallest absolute Gasteiger partial charge is 0.410 e. The molecular formula is C15H29N3O2. The van der Waals surface area contributed by atoms with Gasteiger partial charge in [-0.25, -0.2) is 4.79 Å². The van der Waals surface area contributed by atoms with E-state index < -0.39 is 5.60 Å². The lowest BCUT2D eigenvalue weighted by Crippen LogP contribution is -2.58. The predicted octanol–water partition coefficient (Wildman–Crippen LogP) is 1.81. The molecule has 20 heavy (non-hydrogen) atoms. The van der Waals surface area contributed by atoms with Crippen LogP contribution in [0.3, 0.4) is 0 Å². The topological polar surface area (TPSA) is 58.8 Å². The molecule has 2 N–H and O–H groups in total. The van der Waals surface area contributed by atoms with E-state index in [1.807, 2.05) is 25.7 Å². The maximum atomic E-state index is 12.4. The molecule has 2 rings (SSSR count). The number of hydrogen-bond acceptors (Lipinski definition) is 4. The summed E-state index contributed by atoms with van der Waals surface area (Å²) in [7, 11) is 2.11. The zero-order chi connectivity index (χ0) is 14.9. The average Bonchev–Trinajstić information content (AvgIpc) is 2.67. The summed E-state index contributed by atoms with van der Waals surface area (Å²) < 4.78 is 5.57. The van der Waals surface area contributed by atoms with Crippen LogP contribution in [0.25, 0.3) is 0 Å². The summed E-state index contributed by atoms with van der Waals surface area (Å²) in [5.41, 5.74) is 5.83. The lowest BCUT2D eigenvalue weighted by Gasteiger charge is -2.42. The molecule has 3 unspecified atom stereocenters. The van der Waals surface area contributed by atoms with E-state index in [9.17, 15) is 4.79 Å². The van der Waals surface area contributed by atoms with Crippen molar-refractivity contribution in [3.05, 3.63) is 0 Å². The van der Waals surface area contributed by atoms with Crippen molar-refractivity contribution in [2.75, 3.05) is 20.1 Å². The Balaban J connectivity index is 2.11. The molecule has 0 aliphatic carbocycles. The van der Waals surface area contributed by atoms with Crippen LogP contribution in [0.2, 0.25) is 0 Å². The molecule has 2 fully saturated rings. The summed E-state index contributed by atoms with van der Waals surface area (Å²) in [4.78, 5) is 16.7. The molecule has 2 aliphatic rings. The minimum atomic E-state index is -0.442. The van der Waals surface area contributed by atoms with Crippen molar-refractivity contribution < 1.29 is 9.53 Å². The Kier molecular flexibility index (Phi) is 4.59. The van der Waals surface area contributed by atoms with E-state index in [1.54, 1.807) is 0 Å². The summed E-state index contributed by atoms with van der Waals surface area (Å²) in [5.74, 6) is 0. The first kappa shape index (κ1) is 15.6. The van der Waals surface area contributed by atoms with Crippen LogP contribution >= 0.6 is 0 Å². The largest absolute Gasteiger partial charge is 0.444 e. The third-order valence-electron chi connectivity index (χ3n) is 4.33. The number of likely N-dealkylation sites (N-methyl/N-ethyl adjacent to an activating group) is 1. The molecule has 2 aliphatic heterocycles. The summed E-state index contributed by atoms with van der Waals surface area (Å²) >= 11 is 0. The molecule has 0 aromatic carbocycles. The van der Waals surface area contributed by atoms with E-state index in [-0.39, 0.29) is 24.2 Å². The average molecular weight is 283 g/mol. The first-order chi connectivity index (χ1) is 9.29. The highest BCUT2D eigenvalue weighted by molar-refractivity contribution is 5.68. The van der Waals surface area contributed by atoms with Crippen LogP contribution in [0.4, 0.5) is 4.79 Å². The Morgan fingerprint density at radius 1 is 1.20 bits per heavy atom. The molecule has 5 heteroatoms. The van der Waals surface area contributed by atoms with Gasteiger partial charge in [-0.2, -0.15) is 0 Å². The van der Waals surface area contributed by atoms with Crippen LogP contribution in [0.15, 0.2) is 0 Å². The summed E-state index contributed by atoms with van der Waals surface area (Å²) in [5, 5.41) is 0. The van der Waals surface area contributed by atoms with Gasteiger partial charge in [-0.15, -0.1) is 0 Å². The van der Waals surface area contributed by atoms with Gasteiger partial charge in [0.1, 0.15) is 5.60 Å². The number of rotatable bonds is 1. The Bertz CT molecular complexity index is 344. The van der Waals surface area contributed by atoms with Crippen LogP contribution in [0.5, 0.6) is 0 Å². The fourth-order valence-electron chi connectivity index (χ4n) is 3.44. The van der Waals surface area contributed by atoms with Crippen LogP contribution in [-0.4, -0.2) is 59.8 Å². The van der Waals surface area contributed by atoms with Crippen molar-refractivity contribution in [2.45, 2.75) is 70.2 Å². The van der Waals surface area contributed by atoms with Crippen molar-refractivity contribution in [2.24, 2.45) is 5.73 Å². The minimum absolute atomic E-state index is 0.160. The van der Waals surface area contributed by atoms with Gasteiger partial charge < -0.3 is 15.4 Å². The highest BCUT2D eigenvalue weighted by atomic mass is 16.6. The number of ether oxygens (including phenoxy) is 1. The van der Waals surface area contributed by atoms with E-state index in [1.165, 1.54) is 6.42 Å². The lowest BCUT2D eigenvalue weighted by atomic mass is 9.92. The molecule has 0 saturated carbocycles. The van der Waals surface area contributed by atoms with Gasteiger partial charge in [0.25, 0.3) is 0 Å². The van der Waals surface area contributed by atoms with Crippen molar-refractivity contribution in [3.63, 3.8) is 0 Å². The van der Waals surface area contributed by atoms with Gasteiger partial charge >= 0.3 is 6.09 Å². The Hall–Kier alpha value is -0.810. The molecule has 2 saturated heterocycles. The summed E-state index contributed by atoms with van der Waals surface area (Å²) in [6.45, 7) is 7.55. The molecule has 0 aromatic heterocycles. The maximum Gasteiger partial charge on any atom is 0.410 e. The van der Waals surface area contributed by atoms with E-state index in [0.717, 1.165) is 32.4 Å². The van der Waals surface area contributed by atoms with E-state index in [4.69, 9.17) is 10.5 Å². The van der Waals surface area contributed by atoms with Gasteiger partial charge in [0.05, 0.1) is 6.04 Å². The summed E-state index contributed by atoms with van der Waals surface area (Å²) in [6, 6.07) is 0.622. The molecule has 0 spiro atoms. The van der Waals surface area contributed by atoms with E-state index in [0.29, 0.717) is 0 Å². The first-order valence-corrected chi connectivity index (χ1v) is 7.75. The fraction of sp³-hybridized carbons (Fsp3) is 0.933. The van der Waals surface area contributed by atoms with Crippen LogP contribution in [0, 0.1) is 0 Å². The second kappa shape index (κ2) is 5.90. The zero-order valence-electron chi connectivity index (χ0n) is 13.3. The van der Waals surface area contributed by atoms with Gasteiger partial charge in [-0.3, -0.25) is 4.90 Å². The van der Waals surface area contributed by atoms with Gasteiger partial charge in [0, 0.05) is 18.6 Å². The number of nitrogens with two attached hydrogens (primary N) is 1. The Labute approximate surface area is 122 Å². The number of hydrogen-bond donors (Lipinski definition) is 1. The van der Waals surface area contributed by atoms with Crippen molar-refractivity contribution in [3.8, 4) is 0 Å². The molecule has 3 atom stereocenters. The van der Waals surface area contributed by atoms with Gasteiger partial charge in [-0.05, 0) is 60.0 Å². The molecule has 0 bridgehead atoms. The fourth-order valence-corrected chi connectivity index (χ4v) is 3.44. The third kappa shape index (κ3) is 3.44. The van der Waals surface area contributed by atoms with E-state index >= 15 is 0 Å². The SMILES string of the molecule is CN1CCC(N)C1C1CCCCN1C(=O)OC(C)(C)C. The van der Waals surface area contributed by atoms with Crippen molar-refractivity contribution in [1.29, 1.82) is 0 Å². The van der Waals surface area contributed by atoms with Gasteiger partial charge in [0.2, 0.25) is 0 Å². The molecule has 2 heterocycles. The van der Waals surface area contributed by atoms with Crippen LogP contribution in [-0.2, 0) is 4.74 Å². The predicted molar refractivity (Wildman–Crippen MR) is 79.6 cm³/mol. The van der Waals surface area contributed by atoms with E-state index in [2.05, 4.69) is 11.9 Å². The van der Waals surface area contributed by atoms with Crippen molar-refractivity contribution in [1.82, 2.24) is 9.80 Å². The van der Waals surface area contributed by atoms with Crippen LogP contribution in [0.1, 0.15) is 46.5 Å². The summed E-state index contributed by atoms with van der Waals surface area (Å²) in [6.07, 6.45) is 4.08. The number of carbonyl (C=O) groups is 1. The minimum Gasteiger partial charge on any atom is -0.444 e. The second-order valence-electron chi connectivity index (χ2n) is 7.16. The number of nitrogens with zero attached hydrogens (tertiary/aromatic N) is 2. The monoisotopic (exact) mass is 283 g/mol. The number of carbonyl (C=O) groups excluding carboxylic acids is 1. The van der Waals surface area contributed by atoms with Crippen molar-refractivity contribution >= 4 is 6.09 Å². The molecule has 0 aromatic rings. The number of piperidine rings is 1. The first-order valence-electron chi connectivity index (χ1n) is 7.75. The lowest BCUT2D eigenvalue weighted by molar-refractivity contribution is -0.00157. The molecular weight excluding hydrogens is 254 g/mol. The highest BCUT2D eigenvalue weighted by Gasteiger charge is 2.42. The zero-order valence-corrected chi connectivity index (χ0v) is 13.3. The molecule has 116 valence electrons. The molecule has 1 amide bonds. The quantitative estimate of drug-likeness (QED) is 0.797. The third-order valence-corrected chi connectivity index (χ3v) is 4.33. The van der Waals surface area contributed by atoms with Gasteiger partial charge in [0.15, 0.2) is 0 Å². The molecule has 0 radical (unpaired) electrons. The number of likely N-dealkylation sites (tertiary alicyclic amines) is 2. The normalized spacial score (nSPS) is 32.5. The van der Waals surface area contributed by atoms with Gasteiger partial charge in [-0.1, -0.05) is 0 Å².